The molecule has 3 heteroatoms. The number of para-hydroxylation sites is 1. The van der Waals surface area contributed by atoms with Crippen molar-refractivity contribution in [3.05, 3.63) is 52.5 Å². The van der Waals surface area contributed by atoms with Crippen LogP contribution in [0.15, 0.2) is 57.5 Å². The zero-order valence-electron chi connectivity index (χ0n) is 8.82. The number of hydrogen-bond acceptors (Lipinski definition) is 1. The van der Waals surface area contributed by atoms with Crippen LogP contribution in [0.1, 0.15) is 6.92 Å². The van der Waals surface area contributed by atoms with E-state index in [0.717, 1.165) is 16.4 Å². The van der Waals surface area contributed by atoms with Crippen LogP contribution in [0.3, 0.4) is 0 Å². The minimum atomic E-state index is 0.101. The van der Waals surface area contributed by atoms with Crippen molar-refractivity contribution in [2.24, 2.45) is 10.9 Å². The average molecular weight is 252 g/mol. The molecule has 82 valence electrons. The van der Waals surface area contributed by atoms with Crippen molar-refractivity contribution in [1.82, 2.24) is 0 Å². The van der Waals surface area contributed by atoms with Crippen LogP contribution in [0.25, 0.3) is 0 Å². The molecular formula is C13H11Cl2N. The summed E-state index contributed by atoms with van der Waals surface area (Å²) in [4.78, 5) is 4.53. The Bertz CT molecular complexity index is 472. The summed E-state index contributed by atoms with van der Waals surface area (Å²) < 4.78 is 0. The van der Waals surface area contributed by atoms with Crippen molar-refractivity contribution in [2.45, 2.75) is 6.92 Å². The van der Waals surface area contributed by atoms with E-state index in [1.807, 2.05) is 43.3 Å². The highest BCUT2D eigenvalue weighted by Gasteiger charge is 2.17. The van der Waals surface area contributed by atoms with Gasteiger partial charge in [-0.25, -0.2) is 0 Å². The first-order valence-corrected chi connectivity index (χ1v) is 5.80. The molecule has 16 heavy (non-hydrogen) atoms. The van der Waals surface area contributed by atoms with E-state index in [-0.39, 0.29) is 5.92 Å². The molecule has 1 aliphatic rings. The van der Waals surface area contributed by atoms with Crippen LogP contribution >= 0.6 is 23.2 Å². The van der Waals surface area contributed by atoms with E-state index in [0.29, 0.717) is 5.03 Å². The summed E-state index contributed by atoms with van der Waals surface area (Å²) in [5.74, 6) is 0.101. The van der Waals surface area contributed by atoms with E-state index in [2.05, 4.69) is 4.99 Å². The molecule has 0 saturated heterocycles. The minimum absolute atomic E-state index is 0.101. The second-order valence-electron chi connectivity index (χ2n) is 3.65. The summed E-state index contributed by atoms with van der Waals surface area (Å²) in [5.41, 5.74) is 1.81. The largest absolute Gasteiger partial charge is 0.253 e. The normalized spacial score (nSPS) is 22.9. The first-order valence-electron chi connectivity index (χ1n) is 5.05. The third-order valence-electron chi connectivity index (χ3n) is 2.43. The Labute approximate surface area is 105 Å². The Hall–Kier alpha value is -1.05. The maximum absolute atomic E-state index is 6.08. The van der Waals surface area contributed by atoms with Crippen molar-refractivity contribution in [1.29, 1.82) is 0 Å². The predicted octanol–water partition coefficient (Wildman–Crippen LogP) is 4.65. The third-order valence-corrected chi connectivity index (χ3v) is 3.09. The lowest BCUT2D eigenvalue weighted by Crippen LogP contribution is -2.12. The maximum Gasteiger partial charge on any atom is 0.0633 e. The lowest BCUT2D eigenvalue weighted by Gasteiger charge is -2.15. The Morgan fingerprint density at radius 1 is 1.06 bits per heavy atom. The Kier molecular flexibility index (Phi) is 3.47. The molecule has 1 atom stereocenters. The predicted molar refractivity (Wildman–Crippen MR) is 70.6 cm³/mol. The SMILES string of the molecule is CC1C(Cl)=CC(Cl)=CC1=Nc1ccccc1. The zero-order chi connectivity index (χ0) is 11.5. The molecular weight excluding hydrogens is 241 g/mol. The van der Waals surface area contributed by atoms with Gasteiger partial charge in [0.25, 0.3) is 0 Å². The van der Waals surface area contributed by atoms with Crippen LogP contribution in [0, 0.1) is 5.92 Å². The molecule has 0 amide bonds. The van der Waals surface area contributed by atoms with Gasteiger partial charge in [0.05, 0.1) is 11.4 Å². The molecule has 1 nitrogen and oxygen atoms in total. The lowest BCUT2D eigenvalue weighted by atomic mass is 10.00. The van der Waals surface area contributed by atoms with Crippen molar-refractivity contribution in [3.63, 3.8) is 0 Å². The van der Waals surface area contributed by atoms with Gasteiger partial charge in [0, 0.05) is 16.0 Å². The van der Waals surface area contributed by atoms with E-state index < -0.39 is 0 Å². The van der Waals surface area contributed by atoms with Crippen LogP contribution in [-0.2, 0) is 0 Å². The standard InChI is InChI=1S/C13H11Cl2N/c1-9-12(15)7-10(14)8-13(9)16-11-5-3-2-4-6-11/h2-9H,1H3. The highest BCUT2D eigenvalue weighted by molar-refractivity contribution is 6.38. The molecule has 0 N–H and O–H groups in total. The lowest BCUT2D eigenvalue weighted by molar-refractivity contribution is 0.971. The van der Waals surface area contributed by atoms with Crippen molar-refractivity contribution < 1.29 is 0 Å². The molecule has 1 aromatic rings. The van der Waals surface area contributed by atoms with Gasteiger partial charge in [0.15, 0.2) is 0 Å². The molecule has 1 aromatic carbocycles. The number of halogens is 2. The molecule has 2 rings (SSSR count). The second-order valence-corrected chi connectivity index (χ2v) is 4.53. The van der Waals surface area contributed by atoms with Crippen molar-refractivity contribution >= 4 is 34.6 Å². The molecule has 0 bridgehead atoms. The highest BCUT2D eigenvalue weighted by Crippen LogP contribution is 2.28. The Balaban J connectivity index is 2.35. The maximum atomic E-state index is 6.08. The first kappa shape index (κ1) is 11.4. The summed E-state index contributed by atoms with van der Waals surface area (Å²) in [5, 5.41) is 1.35. The minimum Gasteiger partial charge on any atom is -0.253 e. The second kappa shape index (κ2) is 4.86. The Morgan fingerprint density at radius 2 is 1.75 bits per heavy atom. The summed E-state index contributed by atoms with van der Waals surface area (Å²) in [6.45, 7) is 2.01. The van der Waals surface area contributed by atoms with Crippen molar-refractivity contribution in [3.8, 4) is 0 Å². The van der Waals surface area contributed by atoms with Gasteiger partial charge in [-0.3, -0.25) is 4.99 Å². The summed E-state index contributed by atoms with van der Waals surface area (Å²) in [6.07, 6.45) is 3.61. The van der Waals surface area contributed by atoms with Crippen LogP contribution in [0.5, 0.6) is 0 Å². The van der Waals surface area contributed by atoms with E-state index in [4.69, 9.17) is 23.2 Å². The topological polar surface area (TPSA) is 12.4 Å². The quantitative estimate of drug-likeness (QED) is 0.689. The van der Waals surface area contributed by atoms with Gasteiger partial charge in [-0.1, -0.05) is 48.3 Å². The fourth-order valence-corrected chi connectivity index (χ4v) is 2.00. The molecule has 1 aliphatic carbocycles. The Morgan fingerprint density at radius 3 is 2.44 bits per heavy atom. The first-order chi connectivity index (χ1) is 7.66. The zero-order valence-corrected chi connectivity index (χ0v) is 10.3. The van der Waals surface area contributed by atoms with Gasteiger partial charge in [-0.15, -0.1) is 0 Å². The summed E-state index contributed by atoms with van der Waals surface area (Å²) in [6, 6.07) is 9.77. The van der Waals surface area contributed by atoms with Gasteiger partial charge in [0.2, 0.25) is 0 Å². The van der Waals surface area contributed by atoms with Gasteiger partial charge in [-0.2, -0.15) is 0 Å². The smallest absolute Gasteiger partial charge is 0.0633 e. The van der Waals surface area contributed by atoms with Gasteiger partial charge in [0.1, 0.15) is 0 Å². The third kappa shape index (κ3) is 2.55. The molecule has 0 heterocycles. The molecule has 0 fully saturated rings. The fourth-order valence-electron chi connectivity index (χ4n) is 1.49. The van der Waals surface area contributed by atoms with Crippen molar-refractivity contribution in [2.75, 3.05) is 0 Å². The summed E-state index contributed by atoms with van der Waals surface area (Å²) in [7, 11) is 0. The van der Waals surface area contributed by atoms with Crippen LogP contribution in [0.4, 0.5) is 5.69 Å². The van der Waals surface area contributed by atoms with Gasteiger partial charge in [-0.05, 0) is 24.3 Å². The van der Waals surface area contributed by atoms with Gasteiger partial charge < -0.3 is 0 Å². The molecule has 0 saturated carbocycles. The fraction of sp³-hybridized carbons (Fsp3) is 0.154. The van der Waals surface area contributed by atoms with E-state index in [9.17, 15) is 0 Å². The number of aliphatic imine (C=N–C) groups is 1. The van der Waals surface area contributed by atoms with Crippen LogP contribution in [0.2, 0.25) is 0 Å². The van der Waals surface area contributed by atoms with Gasteiger partial charge >= 0.3 is 0 Å². The number of hydrogen-bond donors (Lipinski definition) is 0. The average Bonchev–Trinajstić information content (AvgIpc) is 2.27. The number of allylic oxidation sites excluding steroid dienone is 4. The molecule has 0 spiro atoms. The number of rotatable bonds is 1. The van der Waals surface area contributed by atoms with E-state index in [1.165, 1.54) is 0 Å². The summed E-state index contributed by atoms with van der Waals surface area (Å²) >= 11 is 12.0. The molecule has 0 aromatic heterocycles. The number of benzene rings is 1. The van der Waals surface area contributed by atoms with E-state index in [1.54, 1.807) is 6.08 Å². The molecule has 0 radical (unpaired) electrons. The molecule has 1 unspecified atom stereocenters. The highest BCUT2D eigenvalue weighted by atomic mass is 35.5. The van der Waals surface area contributed by atoms with E-state index >= 15 is 0 Å². The van der Waals surface area contributed by atoms with Crippen LogP contribution < -0.4 is 0 Å². The monoisotopic (exact) mass is 251 g/mol. The number of nitrogens with zero attached hydrogens (tertiary/aromatic N) is 1. The van der Waals surface area contributed by atoms with Crippen LogP contribution in [-0.4, -0.2) is 5.71 Å². The molecule has 0 aliphatic heterocycles.